The van der Waals surface area contributed by atoms with Crippen LogP contribution in [0.4, 0.5) is 4.39 Å². The van der Waals surface area contributed by atoms with Crippen molar-refractivity contribution >= 4 is 22.6 Å². The first kappa shape index (κ1) is 22.1. The molecule has 0 saturated heterocycles. The number of nitrogens with one attached hydrogen (secondary N) is 2. The summed E-state index contributed by atoms with van der Waals surface area (Å²) in [5.41, 5.74) is 1.17. The zero-order chi connectivity index (χ0) is 22.8. The minimum absolute atomic E-state index is 0.0959. The van der Waals surface area contributed by atoms with Gasteiger partial charge in [0.25, 0.3) is 0 Å². The van der Waals surface area contributed by atoms with Crippen LogP contribution in [0.2, 0.25) is 0 Å². The molecule has 0 saturated carbocycles. The monoisotopic (exact) mass is 550 g/mol. The Morgan fingerprint density at radius 1 is 1.22 bits per heavy atom. The second kappa shape index (κ2) is 9.17. The number of nitrogens with zero attached hydrogens (tertiary/aromatic N) is 2. The smallest absolute Gasteiger partial charge is 0.329 e. The van der Waals surface area contributed by atoms with E-state index in [9.17, 15) is 14.3 Å². The SMILES string of the molecule is C[C@H](c1ncc(-c2ccc(I)cc2F)[nH]1)n1c(O)c(-c2ccc(OCCO)cc2)[nH]c1=O. The summed E-state index contributed by atoms with van der Waals surface area (Å²) in [4.78, 5) is 22.6. The summed E-state index contributed by atoms with van der Waals surface area (Å²) < 4.78 is 21.6. The van der Waals surface area contributed by atoms with Gasteiger partial charge in [-0.05, 0) is 72.0 Å². The molecule has 32 heavy (non-hydrogen) atoms. The number of hydrogen-bond donors (Lipinski definition) is 4. The predicted molar refractivity (Wildman–Crippen MR) is 125 cm³/mol. The number of hydrogen-bond acceptors (Lipinski definition) is 5. The molecule has 10 heteroatoms. The highest BCUT2D eigenvalue weighted by Gasteiger charge is 2.22. The molecule has 0 unspecified atom stereocenters. The standard InChI is InChI=1S/C22H20FIN4O4/c1-12(20-25-11-18(26-20)16-7-4-14(24)10-17(16)23)28-21(30)19(27-22(28)31)13-2-5-15(6-3-13)32-9-8-29/h2-7,10-12,29-30H,8-9H2,1H3,(H,25,26)(H,27,31)/t12-/m1/s1. The maximum atomic E-state index is 14.3. The van der Waals surface area contributed by atoms with E-state index < -0.39 is 11.7 Å². The van der Waals surface area contributed by atoms with Crippen molar-refractivity contribution in [3.8, 4) is 34.1 Å². The number of aromatic amines is 2. The van der Waals surface area contributed by atoms with Gasteiger partial charge in [0.1, 0.15) is 29.7 Å². The molecular weight excluding hydrogens is 530 g/mol. The Hall–Kier alpha value is -3.12. The summed E-state index contributed by atoms with van der Waals surface area (Å²) >= 11 is 2.03. The van der Waals surface area contributed by atoms with E-state index in [2.05, 4.69) is 15.0 Å². The molecule has 0 aliphatic heterocycles. The summed E-state index contributed by atoms with van der Waals surface area (Å²) in [5, 5.41) is 19.6. The molecule has 0 aliphatic rings. The number of rotatable bonds is 7. The normalized spacial score (nSPS) is 12.1. The Balaban J connectivity index is 1.63. The summed E-state index contributed by atoms with van der Waals surface area (Å²) in [7, 11) is 0. The fourth-order valence-corrected chi connectivity index (χ4v) is 3.85. The maximum Gasteiger partial charge on any atom is 0.329 e. The molecule has 0 spiro atoms. The van der Waals surface area contributed by atoms with Gasteiger partial charge in [0.05, 0.1) is 24.5 Å². The highest BCUT2D eigenvalue weighted by molar-refractivity contribution is 14.1. The van der Waals surface area contributed by atoms with Crippen LogP contribution in [0.3, 0.4) is 0 Å². The van der Waals surface area contributed by atoms with Gasteiger partial charge in [-0.1, -0.05) is 0 Å². The Morgan fingerprint density at radius 2 is 1.97 bits per heavy atom. The van der Waals surface area contributed by atoms with Crippen LogP contribution in [-0.4, -0.2) is 42.9 Å². The van der Waals surface area contributed by atoms with Crippen LogP contribution < -0.4 is 10.4 Å². The number of aliphatic hydroxyl groups excluding tert-OH is 1. The van der Waals surface area contributed by atoms with Crippen LogP contribution in [-0.2, 0) is 0 Å². The quantitative estimate of drug-likeness (QED) is 0.262. The number of halogens is 2. The van der Waals surface area contributed by atoms with E-state index in [1.807, 2.05) is 22.6 Å². The molecular formula is C22H20FIN4O4. The lowest BCUT2D eigenvalue weighted by Gasteiger charge is -2.11. The zero-order valence-electron chi connectivity index (χ0n) is 17.0. The Labute approximate surface area is 195 Å². The van der Waals surface area contributed by atoms with Gasteiger partial charge in [0.15, 0.2) is 0 Å². The van der Waals surface area contributed by atoms with Crippen molar-refractivity contribution in [3.63, 3.8) is 0 Å². The Kier molecular flexibility index (Phi) is 6.33. The molecule has 2 heterocycles. The molecule has 0 amide bonds. The second-order valence-electron chi connectivity index (χ2n) is 7.08. The molecule has 1 atom stereocenters. The molecule has 2 aromatic carbocycles. The van der Waals surface area contributed by atoms with Gasteiger partial charge >= 0.3 is 5.69 Å². The van der Waals surface area contributed by atoms with Crippen molar-refractivity contribution in [1.82, 2.24) is 19.5 Å². The third-order valence-electron chi connectivity index (χ3n) is 5.01. The molecule has 0 fully saturated rings. The van der Waals surface area contributed by atoms with Gasteiger partial charge in [0.2, 0.25) is 5.88 Å². The van der Waals surface area contributed by atoms with E-state index in [1.54, 1.807) is 43.3 Å². The molecule has 0 bridgehead atoms. The van der Waals surface area contributed by atoms with Gasteiger partial charge in [-0.3, -0.25) is 4.57 Å². The van der Waals surface area contributed by atoms with Crippen LogP contribution in [0.25, 0.3) is 22.5 Å². The first-order valence-electron chi connectivity index (χ1n) is 9.77. The maximum absolute atomic E-state index is 14.3. The van der Waals surface area contributed by atoms with Gasteiger partial charge in [-0.25, -0.2) is 14.2 Å². The molecule has 0 radical (unpaired) electrons. The summed E-state index contributed by atoms with van der Waals surface area (Å²) in [6.07, 6.45) is 1.50. The molecule has 8 nitrogen and oxygen atoms in total. The summed E-state index contributed by atoms with van der Waals surface area (Å²) in [6, 6.07) is 11.0. The number of ether oxygens (including phenoxy) is 1. The van der Waals surface area contributed by atoms with Crippen LogP contribution in [0.1, 0.15) is 18.8 Å². The Morgan fingerprint density at radius 3 is 2.66 bits per heavy atom. The van der Waals surface area contributed by atoms with Crippen LogP contribution >= 0.6 is 22.6 Å². The predicted octanol–water partition coefficient (Wildman–Crippen LogP) is 3.66. The number of aromatic hydroxyl groups is 1. The summed E-state index contributed by atoms with van der Waals surface area (Å²) in [6.45, 7) is 1.78. The fraction of sp³-hybridized carbons (Fsp3) is 0.182. The average molecular weight is 550 g/mol. The minimum atomic E-state index is -0.639. The van der Waals surface area contributed by atoms with Crippen LogP contribution in [0, 0.1) is 9.39 Å². The van der Waals surface area contributed by atoms with Crippen molar-refractivity contribution in [3.05, 3.63) is 74.4 Å². The minimum Gasteiger partial charge on any atom is -0.493 e. The number of aliphatic hydroxyl groups is 1. The number of aromatic nitrogens is 4. The van der Waals surface area contributed by atoms with E-state index in [1.165, 1.54) is 16.8 Å². The van der Waals surface area contributed by atoms with Gasteiger partial charge in [0, 0.05) is 14.7 Å². The molecule has 2 aromatic heterocycles. The van der Waals surface area contributed by atoms with Crippen molar-refractivity contribution in [1.29, 1.82) is 0 Å². The lowest BCUT2D eigenvalue weighted by molar-refractivity contribution is 0.201. The van der Waals surface area contributed by atoms with Crippen LogP contribution in [0.5, 0.6) is 11.6 Å². The van der Waals surface area contributed by atoms with Gasteiger partial charge < -0.3 is 24.9 Å². The van der Waals surface area contributed by atoms with E-state index in [0.29, 0.717) is 28.4 Å². The van der Waals surface area contributed by atoms with E-state index in [4.69, 9.17) is 9.84 Å². The van der Waals surface area contributed by atoms with E-state index in [-0.39, 0.29) is 30.6 Å². The largest absolute Gasteiger partial charge is 0.493 e. The van der Waals surface area contributed by atoms with Crippen LogP contribution in [0.15, 0.2) is 53.5 Å². The first-order valence-corrected chi connectivity index (χ1v) is 10.8. The molecule has 4 rings (SSSR count). The van der Waals surface area contributed by atoms with Gasteiger partial charge in [-0.15, -0.1) is 0 Å². The van der Waals surface area contributed by atoms with E-state index >= 15 is 0 Å². The number of benzene rings is 2. The lowest BCUT2D eigenvalue weighted by atomic mass is 10.1. The lowest BCUT2D eigenvalue weighted by Crippen LogP contribution is -2.21. The molecule has 4 aromatic rings. The molecule has 0 aliphatic carbocycles. The third-order valence-corrected chi connectivity index (χ3v) is 5.68. The average Bonchev–Trinajstić information content (AvgIpc) is 3.37. The second-order valence-corrected chi connectivity index (χ2v) is 8.32. The Bertz CT molecular complexity index is 1300. The molecule has 166 valence electrons. The summed E-state index contributed by atoms with van der Waals surface area (Å²) in [5.74, 6) is 0.331. The van der Waals surface area contributed by atoms with Gasteiger partial charge in [-0.2, -0.15) is 0 Å². The highest BCUT2D eigenvalue weighted by atomic mass is 127. The van der Waals surface area contributed by atoms with Crippen molar-refractivity contribution in [2.75, 3.05) is 13.2 Å². The van der Waals surface area contributed by atoms with Crippen molar-refractivity contribution < 1.29 is 19.3 Å². The number of imidazole rings is 2. The van der Waals surface area contributed by atoms with E-state index in [0.717, 1.165) is 3.57 Å². The van der Waals surface area contributed by atoms with Crippen molar-refractivity contribution in [2.45, 2.75) is 13.0 Å². The number of H-pyrrole nitrogens is 2. The third kappa shape index (κ3) is 4.28. The topological polar surface area (TPSA) is 116 Å². The van der Waals surface area contributed by atoms with Crippen molar-refractivity contribution in [2.24, 2.45) is 0 Å². The highest BCUT2D eigenvalue weighted by Crippen LogP contribution is 2.31. The fourth-order valence-electron chi connectivity index (χ4n) is 3.40. The zero-order valence-corrected chi connectivity index (χ0v) is 19.1. The first-order chi connectivity index (χ1) is 15.4. The molecule has 4 N–H and O–H groups in total.